The molecule has 26 valence electrons. The van der Waals surface area contributed by atoms with Gasteiger partial charge in [-0.05, 0) is 0 Å². The van der Waals surface area contributed by atoms with E-state index in [4.69, 9.17) is 0 Å². The Morgan fingerprint density at radius 3 is 2.60 bits per heavy atom. The van der Waals surface area contributed by atoms with Gasteiger partial charge in [0.25, 0.3) is 0 Å². The van der Waals surface area contributed by atoms with Gasteiger partial charge >= 0.3 is 20.4 Å². The molecule has 0 aliphatic heterocycles. The maximum absolute atomic E-state index is 3.59. The average Bonchev–Trinajstić information content (AvgIpc) is 1.41. The van der Waals surface area contributed by atoms with Crippen molar-refractivity contribution in [1.82, 2.24) is 0 Å². The van der Waals surface area contributed by atoms with Crippen molar-refractivity contribution in [1.29, 1.82) is 0 Å². The maximum atomic E-state index is 3.59. The second kappa shape index (κ2) is 4.51. The summed E-state index contributed by atoms with van der Waals surface area (Å²) in [5.74, 6) is 0. The van der Waals surface area contributed by atoms with Crippen molar-refractivity contribution >= 4 is 20.4 Å². The Labute approximate surface area is 43.0 Å². The first-order valence-corrected chi connectivity index (χ1v) is 4.44. The third-order valence-electron chi connectivity index (χ3n) is 0.493. The molecule has 0 bridgehead atoms. The molecule has 0 saturated carbocycles. The minimum Gasteiger partial charge on any atom is -0.157 e. The molecule has 0 spiro atoms. The first kappa shape index (κ1) is 5.51. The fourth-order valence-corrected chi connectivity index (χ4v) is 0.612. The molecule has 0 amide bonds. The molecule has 0 aliphatic carbocycles. The van der Waals surface area contributed by atoms with Crippen molar-refractivity contribution in [2.24, 2.45) is 0 Å². The Balaban J connectivity index is 2.40. The van der Waals surface area contributed by atoms with Crippen LogP contribution in [0.2, 0.25) is 9.60 Å². The van der Waals surface area contributed by atoms with Gasteiger partial charge in [0.05, 0.1) is 0 Å². The van der Waals surface area contributed by atoms with Crippen molar-refractivity contribution in [2.45, 2.75) is 9.60 Å². The molecule has 0 aromatic rings. The Hall–Kier alpha value is 0.506. The van der Waals surface area contributed by atoms with E-state index in [-0.39, 0.29) is 0 Å². The van der Waals surface area contributed by atoms with Gasteiger partial charge in [0.1, 0.15) is 0 Å². The van der Waals surface area contributed by atoms with Crippen molar-refractivity contribution < 1.29 is 0 Å². The SMILES string of the molecule is C=C[CH2][Mg][CH3]. The second-order valence-corrected chi connectivity index (χ2v) is 2.65. The Morgan fingerprint density at radius 2 is 2.60 bits per heavy atom. The third-order valence-corrected chi connectivity index (χ3v) is 1.48. The van der Waals surface area contributed by atoms with E-state index in [1.165, 1.54) is 4.55 Å². The summed E-state index contributed by atoms with van der Waals surface area (Å²) < 4.78 is 1.29. The lowest BCUT2D eigenvalue weighted by Crippen LogP contribution is -1.69. The summed E-state index contributed by atoms with van der Waals surface area (Å²) in [5.41, 5.74) is 0. The summed E-state index contributed by atoms with van der Waals surface area (Å²) in [7, 11) is 0. The van der Waals surface area contributed by atoms with Crippen LogP contribution in [0.1, 0.15) is 0 Å². The molecule has 0 heterocycles. The number of rotatable bonds is 2. The zero-order valence-electron chi connectivity index (χ0n) is 3.70. The first-order valence-electron chi connectivity index (χ1n) is 2.02. The standard InChI is InChI=1S/C3H5.CH3.Mg/c1-3-2;;/h3H,1-2H2;1H3;. The molecule has 5 heavy (non-hydrogen) atoms. The minimum atomic E-state index is 0.296. The molecule has 0 aromatic heterocycles. The van der Waals surface area contributed by atoms with Gasteiger partial charge in [0.15, 0.2) is 0 Å². The van der Waals surface area contributed by atoms with E-state index in [2.05, 4.69) is 11.6 Å². The highest BCUT2D eigenvalue weighted by molar-refractivity contribution is 6.34. The summed E-state index contributed by atoms with van der Waals surface area (Å²) >= 11 is 0.296. The molecule has 1 heteroatoms. The molecular weight excluding hydrogens is 72.3 g/mol. The zero-order valence-corrected chi connectivity index (χ0v) is 5.11. The second-order valence-electron chi connectivity index (χ2n) is 1.08. The molecular formula is C4H8Mg. The van der Waals surface area contributed by atoms with E-state index in [1.54, 1.807) is 0 Å². The molecule has 0 atom stereocenters. The van der Waals surface area contributed by atoms with Gasteiger partial charge < -0.3 is 0 Å². The average molecular weight is 80.4 g/mol. The third kappa shape index (κ3) is 4.51. The van der Waals surface area contributed by atoms with E-state index in [1.807, 2.05) is 6.08 Å². The smallest absolute Gasteiger partial charge is 0.157 e. The fraction of sp³-hybridized carbons (Fsp3) is 0.500. The highest BCUT2D eigenvalue weighted by Crippen LogP contribution is 1.72. The van der Waals surface area contributed by atoms with Crippen LogP contribution in [0.4, 0.5) is 0 Å². The van der Waals surface area contributed by atoms with Gasteiger partial charge in [0.2, 0.25) is 0 Å². The largest absolute Gasteiger partial charge is 0.365 e. The molecule has 0 unspecified atom stereocenters. The molecule has 0 radical (unpaired) electrons. The summed E-state index contributed by atoms with van der Waals surface area (Å²) in [6, 6.07) is 0. The highest BCUT2D eigenvalue weighted by atomic mass is 24.5. The maximum Gasteiger partial charge on any atom is 0.365 e. The van der Waals surface area contributed by atoms with Gasteiger partial charge in [-0.2, -0.15) is 5.05 Å². The van der Waals surface area contributed by atoms with E-state index in [0.717, 1.165) is 0 Å². The van der Waals surface area contributed by atoms with Crippen molar-refractivity contribution in [3.8, 4) is 0 Å². The van der Waals surface area contributed by atoms with Crippen molar-refractivity contribution in [3.63, 3.8) is 0 Å². The lowest BCUT2D eigenvalue weighted by Gasteiger charge is -1.67. The molecule has 0 N–H and O–H groups in total. The van der Waals surface area contributed by atoms with Crippen molar-refractivity contribution in [2.75, 3.05) is 0 Å². The Bertz CT molecular complexity index is 24.8. The number of hydrogen-bond acceptors (Lipinski definition) is 0. The van der Waals surface area contributed by atoms with E-state index in [0.29, 0.717) is 20.4 Å². The van der Waals surface area contributed by atoms with Crippen LogP contribution >= 0.6 is 0 Å². The van der Waals surface area contributed by atoms with Gasteiger partial charge in [-0.25, -0.2) is 0 Å². The van der Waals surface area contributed by atoms with Crippen LogP contribution in [-0.2, 0) is 0 Å². The van der Waals surface area contributed by atoms with Crippen LogP contribution in [0.25, 0.3) is 0 Å². The van der Waals surface area contributed by atoms with E-state index in [9.17, 15) is 0 Å². The van der Waals surface area contributed by atoms with Gasteiger partial charge in [-0.1, -0.05) is 0 Å². The first-order chi connectivity index (χ1) is 2.41. The van der Waals surface area contributed by atoms with Crippen LogP contribution in [0.5, 0.6) is 0 Å². The predicted molar refractivity (Wildman–Crippen MR) is 26.6 cm³/mol. The summed E-state index contributed by atoms with van der Waals surface area (Å²) in [6.07, 6.45) is 1.99. The lowest BCUT2D eigenvalue weighted by atomic mass is 10.8. The lowest BCUT2D eigenvalue weighted by molar-refractivity contribution is 1.71. The summed E-state index contributed by atoms with van der Waals surface area (Å²) in [5, 5.41) is 2.28. The topological polar surface area (TPSA) is 0 Å². The quantitative estimate of drug-likeness (QED) is 0.347. The summed E-state index contributed by atoms with van der Waals surface area (Å²) in [6.45, 7) is 3.59. The Kier molecular flexibility index (Phi) is 4.96. The monoisotopic (exact) mass is 80.0 g/mol. The van der Waals surface area contributed by atoms with E-state index < -0.39 is 0 Å². The van der Waals surface area contributed by atoms with Crippen LogP contribution in [0, 0.1) is 0 Å². The molecule has 0 aromatic carbocycles. The Morgan fingerprint density at radius 1 is 2.00 bits per heavy atom. The van der Waals surface area contributed by atoms with Crippen LogP contribution in [0.15, 0.2) is 12.7 Å². The van der Waals surface area contributed by atoms with Gasteiger partial charge in [0, 0.05) is 0 Å². The molecule has 0 saturated heterocycles. The number of hydrogen-bond donors (Lipinski definition) is 0. The molecule has 0 nitrogen and oxygen atoms in total. The van der Waals surface area contributed by atoms with Gasteiger partial charge in [-0.15, -0.1) is 17.2 Å². The van der Waals surface area contributed by atoms with E-state index >= 15 is 0 Å². The van der Waals surface area contributed by atoms with Crippen LogP contribution in [0.3, 0.4) is 0 Å². The molecule has 0 aliphatic rings. The van der Waals surface area contributed by atoms with Crippen LogP contribution in [-0.4, -0.2) is 20.4 Å². The van der Waals surface area contributed by atoms with Crippen LogP contribution < -0.4 is 0 Å². The zero-order chi connectivity index (χ0) is 4.12. The minimum absolute atomic E-state index is 0.296. The van der Waals surface area contributed by atoms with Crippen molar-refractivity contribution in [3.05, 3.63) is 12.7 Å². The van der Waals surface area contributed by atoms with Gasteiger partial charge in [-0.3, -0.25) is 0 Å². The molecule has 0 fully saturated rings. The highest BCUT2D eigenvalue weighted by Gasteiger charge is 1.72. The molecule has 0 rings (SSSR count). The number of allylic oxidation sites excluding steroid dienone is 1. The summed E-state index contributed by atoms with van der Waals surface area (Å²) in [4.78, 5) is 0. The fourth-order valence-electron chi connectivity index (χ4n) is 0.204. The normalized spacial score (nSPS) is 5.80. The predicted octanol–water partition coefficient (Wildman–Crippen LogP) is 1.34.